The first-order valence-corrected chi connectivity index (χ1v) is 9.41. The van der Waals surface area contributed by atoms with Crippen LogP contribution in [-0.4, -0.2) is 28.9 Å². The van der Waals surface area contributed by atoms with E-state index in [1.807, 2.05) is 41.3 Å². The minimum absolute atomic E-state index is 0.141. The SMILES string of the molecule is CCOC(=O)c1nn(-c2ccccc2)c(=O)cc1N1CCCc2ccccc21. The molecule has 0 atom stereocenters. The number of nitrogens with zero attached hydrogens (tertiary/aromatic N) is 3. The third kappa shape index (κ3) is 3.29. The van der Waals surface area contributed by atoms with Gasteiger partial charge in [-0.05, 0) is 43.5 Å². The van der Waals surface area contributed by atoms with Crippen molar-refractivity contribution in [3.63, 3.8) is 0 Å². The first-order valence-electron chi connectivity index (χ1n) is 9.41. The van der Waals surface area contributed by atoms with Crippen molar-refractivity contribution in [2.24, 2.45) is 0 Å². The molecule has 4 rings (SSSR count). The Labute approximate surface area is 163 Å². The van der Waals surface area contributed by atoms with Gasteiger partial charge in [0.15, 0.2) is 5.69 Å². The van der Waals surface area contributed by atoms with Crippen molar-refractivity contribution in [2.45, 2.75) is 19.8 Å². The van der Waals surface area contributed by atoms with Gasteiger partial charge in [-0.25, -0.2) is 4.79 Å². The lowest BCUT2D eigenvalue weighted by Crippen LogP contribution is -2.31. The zero-order valence-electron chi connectivity index (χ0n) is 15.7. The van der Waals surface area contributed by atoms with Gasteiger partial charge in [-0.3, -0.25) is 4.79 Å². The molecule has 1 aliphatic rings. The van der Waals surface area contributed by atoms with E-state index in [1.54, 1.807) is 19.1 Å². The molecule has 0 bridgehead atoms. The summed E-state index contributed by atoms with van der Waals surface area (Å²) in [6, 6.07) is 18.6. The van der Waals surface area contributed by atoms with Gasteiger partial charge >= 0.3 is 5.97 Å². The smallest absolute Gasteiger partial charge is 0.360 e. The number of fused-ring (bicyclic) bond motifs is 1. The summed E-state index contributed by atoms with van der Waals surface area (Å²) in [5.74, 6) is -0.537. The van der Waals surface area contributed by atoms with Gasteiger partial charge in [0.1, 0.15) is 0 Å². The second kappa shape index (κ2) is 7.68. The van der Waals surface area contributed by atoms with E-state index < -0.39 is 5.97 Å². The van der Waals surface area contributed by atoms with Crippen LogP contribution in [0.5, 0.6) is 0 Å². The minimum atomic E-state index is -0.537. The van der Waals surface area contributed by atoms with Crippen molar-refractivity contribution in [3.8, 4) is 5.69 Å². The van der Waals surface area contributed by atoms with E-state index in [0.29, 0.717) is 17.9 Å². The monoisotopic (exact) mass is 375 g/mol. The van der Waals surface area contributed by atoms with Gasteiger partial charge in [0.25, 0.3) is 5.56 Å². The van der Waals surface area contributed by atoms with Crippen LogP contribution >= 0.6 is 0 Å². The van der Waals surface area contributed by atoms with Crippen LogP contribution in [0.4, 0.5) is 11.4 Å². The molecule has 6 heteroatoms. The molecule has 142 valence electrons. The van der Waals surface area contributed by atoms with Gasteiger partial charge in [0.2, 0.25) is 0 Å². The average Bonchev–Trinajstić information content (AvgIpc) is 2.74. The molecule has 0 N–H and O–H groups in total. The Hall–Kier alpha value is -3.41. The highest BCUT2D eigenvalue weighted by molar-refractivity contribution is 5.95. The van der Waals surface area contributed by atoms with Crippen LogP contribution in [-0.2, 0) is 11.2 Å². The maximum atomic E-state index is 12.8. The Bertz CT molecular complexity index is 1060. The van der Waals surface area contributed by atoms with Crippen LogP contribution in [0, 0.1) is 0 Å². The van der Waals surface area contributed by atoms with Gasteiger partial charge in [-0.15, -0.1) is 0 Å². The highest BCUT2D eigenvalue weighted by atomic mass is 16.5. The van der Waals surface area contributed by atoms with Gasteiger partial charge in [-0.1, -0.05) is 36.4 Å². The largest absolute Gasteiger partial charge is 0.461 e. The average molecular weight is 375 g/mol. The molecule has 28 heavy (non-hydrogen) atoms. The van der Waals surface area contributed by atoms with E-state index in [0.717, 1.165) is 18.5 Å². The van der Waals surface area contributed by atoms with Crippen molar-refractivity contribution < 1.29 is 9.53 Å². The van der Waals surface area contributed by atoms with Gasteiger partial charge in [0.05, 0.1) is 18.0 Å². The third-order valence-electron chi connectivity index (χ3n) is 4.78. The number of ether oxygens (including phenoxy) is 1. The highest BCUT2D eigenvalue weighted by Crippen LogP contribution is 2.34. The predicted octanol–water partition coefficient (Wildman–Crippen LogP) is 3.49. The Morgan fingerprint density at radius 3 is 2.61 bits per heavy atom. The Morgan fingerprint density at radius 2 is 1.82 bits per heavy atom. The number of aromatic nitrogens is 2. The number of hydrogen-bond acceptors (Lipinski definition) is 5. The fourth-order valence-corrected chi connectivity index (χ4v) is 3.54. The molecule has 0 saturated heterocycles. The number of carbonyl (C=O) groups excluding carboxylic acids is 1. The van der Waals surface area contributed by atoms with Crippen LogP contribution in [0.1, 0.15) is 29.4 Å². The standard InChI is InChI=1S/C22H21N3O3/c1-2-28-22(27)21-19(24-14-8-10-16-9-6-7-13-18(16)24)15-20(26)25(23-21)17-11-4-3-5-12-17/h3-7,9,11-13,15H,2,8,10,14H2,1H3. The van der Waals surface area contributed by atoms with Crippen molar-refractivity contribution in [3.05, 3.63) is 82.3 Å². The van der Waals surface area contributed by atoms with Gasteiger partial charge in [0, 0.05) is 18.3 Å². The number of hydrogen-bond donors (Lipinski definition) is 0. The highest BCUT2D eigenvalue weighted by Gasteiger charge is 2.26. The molecule has 6 nitrogen and oxygen atoms in total. The fourth-order valence-electron chi connectivity index (χ4n) is 3.54. The summed E-state index contributed by atoms with van der Waals surface area (Å²) in [5.41, 5.74) is 3.12. The molecule has 3 aromatic rings. The van der Waals surface area contributed by atoms with Crippen molar-refractivity contribution in [1.82, 2.24) is 9.78 Å². The van der Waals surface area contributed by atoms with E-state index in [1.165, 1.54) is 16.3 Å². The predicted molar refractivity (Wildman–Crippen MR) is 108 cm³/mol. The number of benzene rings is 2. The topological polar surface area (TPSA) is 64.4 Å². The van der Waals surface area contributed by atoms with Crippen molar-refractivity contribution in [1.29, 1.82) is 0 Å². The number of carbonyl (C=O) groups is 1. The number of rotatable bonds is 4. The second-order valence-corrected chi connectivity index (χ2v) is 6.57. The van der Waals surface area contributed by atoms with Crippen molar-refractivity contribution in [2.75, 3.05) is 18.1 Å². The molecule has 2 aromatic carbocycles. The minimum Gasteiger partial charge on any atom is -0.461 e. The molecule has 0 radical (unpaired) electrons. The summed E-state index contributed by atoms with van der Waals surface area (Å²) in [5, 5.41) is 4.40. The van der Waals surface area contributed by atoms with Crippen LogP contribution in [0.15, 0.2) is 65.5 Å². The summed E-state index contributed by atoms with van der Waals surface area (Å²) in [7, 11) is 0. The number of aryl methyl sites for hydroxylation is 1. The fraction of sp³-hybridized carbons (Fsp3) is 0.227. The molecule has 0 fully saturated rings. The van der Waals surface area contributed by atoms with Crippen molar-refractivity contribution >= 4 is 17.3 Å². The zero-order chi connectivity index (χ0) is 19.5. The maximum Gasteiger partial charge on any atom is 0.360 e. The van der Waals surface area contributed by atoms with E-state index in [9.17, 15) is 9.59 Å². The Morgan fingerprint density at radius 1 is 1.07 bits per heavy atom. The van der Waals surface area contributed by atoms with E-state index in [4.69, 9.17) is 4.74 Å². The molecule has 0 unspecified atom stereocenters. The zero-order valence-corrected chi connectivity index (χ0v) is 15.7. The quantitative estimate of drug-likeness (QED) is 0.653. The summed E-state index contributed by atoms with van der Waals surface area (Å²) in [6.45, 7) is 2.70. The van der Waals surface area contributed by atoms with Crippen LogP contribution in [0.25, 0.3) is 5.69 Å². The molecule has 1 aromatic heterocycles. The normalized spacial score (nSPS) is 13.1. The molecule has 1 aliphatic heterocycles. The maximum absolute atomic E-state index is 12.8. The molecule has 0 spiro atoms. The van der Waals surface area contributed by atoms with Crippen LogP contribution < -0.4 is 10.5 Å². The van der Waals surface area contributed by atoms with Gasteiger partial charge < -0.3 is 9.64 Å². The number of esters is 1. The van der Waals surface area contributed by atoms with Crippen LogP contribution in [0.2, 0.25) is 0 Å². The molecular formula is C22H21N3O3. The molecule has 2 heterocycles. The first-order chi connectivity index (χ1) is 13.7. The third-order valence-corrected chi connectivity index (χ3v) is 4.78. The summed E-state index contributed by atoms with van der Waals surface area (Å²) in [6.07, 6.45) is 1.90. The first kappa shape index (κ1) is 18.0. The molecule has 0 aliphatic carbocycles. The molecule has 0 amide bonds. The van der Waals surface area contributed by atoms with Crippen LogP contribution in [0.3, 0.4) is 0 Å². The summed E-state index contributed by atoms with van der Waals surface area (Å²) >= 11 is 0. The number of anilines is 2. The Balaban J connectivity index is 1.89. The Kier molecular flexibility index (Phi) is 4.93. The van der Waals surface area contributed by atoms with E-state index in [-0.39, 0.29) is 17.9 Å². The summed E-state index contributed by atoms with van der Waals surface area (Å²) < 4.78 is 6.48. The lowest BCUT2D eigenvalue weighted by atomic mass is 10.0. The molecule has 0 saturated carbocycles. The molecular weight excluding hydrogens is 354 g/mol. The lowest BCUT2D eigenvalue weighted by Gasteiger charge is -2.32. The van der Waals surface area contributed by atoms with E-state index in [2.05, 4.69) is 11.2 Å². The van der Waals surface area contributed by atoms with Gasteiger partial charge in [-0.2, -0.15) is 9.78 Å². The van der Waals surface area contributed by atoms with E-state index >= 15 is 0 Å². The second-order valence-electron chi connectivity index (χ2n) is 6.57. The lowest BCUT2D eigenvalue weighted by molar-refractivity contribution is 0.0518. The number of para-hydroxylation sites is 2. The summed E-state index contributed by atoms with van der Waals surface area (Å²) in [4.78, 5) is 27.5.